The van der Waals surface area contributed by atoms with Crippen LogP contribution in [0.25, 0.3) is 11.4 Å². The van der Waals surface area contributed by atoms with Crippen molar-refractivity contribution in [2.24, 2.45) is 0 Å². The molecule has 20 heavy (non-hydrogen) atoms. The Kier molecular flexibility index (Phi) is 4.56. The number of benzene rings is 1. The number of aromatic nitrogens is 2. The summed E-state index contributed by atoms with van der Waals surface area (Å²) < 4.78 is 14.4. The molecule has 0 unspecified atom stereocenters. The highest BCUT2D eigenvalue weighted by Gasteiger charge is 2.23. The number of halogens is 4. The van der Waals surface area contributed by atoms with Crippen LogP contribution in [0.15, 0.2) is 18.2 Å². The number of rotatable bonds is 1. The molecule has 0 saturated carbocycles. The fourth-order valence-electron chi connectivity index (χ4n) is 1.68. The first kappa shape index (κ1) is 15.9. The van der Waals surface area contributed by atoms with E-state index in [9.17, 15) is 4.39 Å². The van der Waals surface area contributed by atoms with Gasteiger partial charge >= 0.3 is 0 Å². The van der Waals surface area contributed by atoms with Crippen molar-refractivity contribution in [1.82, 2.24) is 9.97 Å². The van der Waals surface area contributed by atoms with E-state index in [2.05, 4.69) is 32.6 Å². The second kappa shape index (κ2) is 5.73. The highest BCUT2D eigenvalue weighted by molar-refractivity contribution is 14.1. The first-order valence-corrected chi connectivity index (χ1v) is 7.72. The van der Waals surface area contributed by atoms with Gasteiger partial charge in [0.25, 0.3) is 0 Å². The summed E-state index contributed by atoms with van der Waals surface area (Å²) in [6.45, 7) is 6.13. The fraction of sp³-hybridized carbons (Fsp3) is 0.286. The second-order valence-corrected chi connectivity index (χ2v) is 7.22. The van der Waals surface area contributed by atoms with Crippen LogP contribution in [-0.4, -0.2) is 9.97 Å². The summed E-state index contributed by atoms with van der Waals surface area (Å²) in [6.07, 6.45) is 0. The SMILES string of the molecule is CC(C)(C)c1nc(-c2ccc(Cl)c(F)c2)nc(Cl)c1I. The molecule has 0 N–H and O–H groups in total. The molecule has 1 aromatic carbocycles. The summed E-state index contributed by atoms with van der Waals surface area (Å²) in [6, 6.07) is 4.47. The third-order valence-corrected chi connectivity index (χ3v) is 4.62. The van der Waals surface area contributed by atoms with Gasteiger partial charge in [-0.1, -0.05) is 44.0 Å². The molecule has 0 bridgehead atoms. The fourth-order valence-corrected chi connectivity index (χ4v) is 3.02. The van der Waals surface area contributed by atoms with E-state index in [1.165, 1.54) is 12.1 Å². The van der Waals surface area contributed by atoms with Crippen LogP contribution in [0.3, 0.4) is 0 Å². The van der Waals surface area contributed by atoms with Crippen LogP contribution in [-0.2, 0) is 5.41 Å². The van der Waals surface area contributed by atoms with Gasteiger partial charge in [-0.3, -0.25) is 0 Å². The molecule has 0 fully saturated rings. The van der Waals surface area contributed by atoms with Gasteiger partial charge in [-0.25, -0.2) is 14.4 Å². The van der Waals surface area contributed by atoms with Gasteiger partial charge in [0.1, 0.15) is 11.0 Å². The molecule has 0 saturated heterocycles. The topological polar surface area (TPSA) is 25.8 Å². The Morgan fingerprint density at radius 1 is 1.15 bits per heavy atom. The zero-order valence-corrected chi connectivity index (χ0v) is 14.8. The Morgan fingerprint density at radius 3 is 2.35 bits per heavy atom. The summed E-state index contributed by atoms with van der Waals surface area (Å²) in [7, 11) is 0. The highest BCUT2D eigenvalue weighted by Crippen LogP contribution is 2.32. The van der Waals surface area contributed by atoms with E-state index >= 15 is 0 Å². The monoisotopic (exact) mass is 424 g/mol. The smallest absolute Gasteiger partial charge is 0.161 e. The number of nitrogens with zero attached hydrogens (tertiary/aromatic N) is 2. The normalized spacial score (nSPS) is 11.8. The Hall–Kier alpha value is -0.460. The van der Waals surface area contributed by atoms with Crippen molar-refractivity contribution in [1.29, 1.82) is 0 Å². The van der Waals surface area contributed by atoms with Crippen LogP contribution in [0.4, 0.5) is 4.39 Å². The second-order valence-electron chi connectivity index (χ2n) is 5.38. The molecular formula is C14H12Cl2FIN2. The molecule has 6 heteroatoms. The van der Waals surface area contributed by atoms with E-state index < -0.39 is 5.82 Å². The molecule has 0 spiro atoms. The lowest BCUT2D eigenvalue weighted by Gasteiger charge is -2.20. The summed E-state index contributed by atoms with van der Waals surface area (Å²) in [4.78, 5) is 8.76. The van der Waals surface area contributed by atoms with Crippen molar-refractivity contribution in [3.63, 3.8) is 0 Å². The van der Waals surface area contributed by atoms with E-state index in [1.54, 1.807) is 6.07 Å². The van der Waals surface area contributed by atoms with Gasteiger partial charge in [-0.05, 0) is 40.8 Å². The Morgan fingerprint density at radius 2 is 1.80 bits per heavy atom. The Labute approximate surface area is 140 Å². The third kappa shape index (κ3) is 3.23. The molecule has 0 aliphatic carbocycles. The van der Waals surface area contributed by atoms with E-state index in [4.69, 9.17) is 23.2 Å². The van der Waals surface area contributed by atoms with E-state index in [1.807, 2.05) is 20.8 Å². The lowest BCUT2D eigenvalue weighted by Crippen LogP contribution is -2.17. The van der Waals surface area contributed by atoms with Crippen LogP contribution in [0.2, 0.25) is 10.2 Å². The first-order chi connectivity index (χ1) is 9.20. The average Bonchev–Trinajstić information content (AvgIpc) is 2.34. The minimum absolute atomic E-state index is 0.0707. The van der Waals surface area contributed by atoms with Crippen molar-refractivity contribution in [3.8, 4) is 11.4 Å². The van der Waals surface area contributed by atoms with Gasteiger partial charge in [-0.15, -0.1) is 0 Å². The van der Waals surface area contributed by atoms with Gasteiger partial charge < -0.3 is 0 Å². The largest absolute Gasteiger partial charge is 0.231 e. The van der Waals surface area contributed by atoms with Crippen LogP contribution < -0.4 is 0 Å². The van der Waals surface area contributed by atoms with Crippen molar-refractivity contribution in [2.45, 2.75) is 26.2 Å². The maximum atomic E-state index is 13.6. The zero-order valence-electron chi connectivity index (χ0n) is 11.1. The van der Waals surface area contributed by atoms with E-state index in [0.717, 1.165) is 9.26 Å². The van der Waals surface area contributed by atoms with Gasteiger partial charge in [0, 0.05) is 11.0 Å². The van der Waals surface area contributed by atoms with Crippen LogP contribution in [0.1, 0.15) is 26.5 Å². The molecule has 2 aromatic rings. The quantitative estimate of drug-likeness (QED) is 0.446. The molecule has 1 aromatic heterocycles. The first-order valence-electron chi connectivity index (χ1n) is 5.89. The molecule has 0 aliphatic heterocycles. The zero-order chi connectivity index (χ0) is 15.1. The molecular weight excluding hydrogens is 413 g/mol. The molecule has 0 amide bonds. The summed E-state index contributed by atoms with van der Waals surface area (Å²) >= 11 is 14.0. The molecule has 0 aliphatic rings. The summed E-state index contributed by atoms with van der Waals surface area (Å²) in [5.41, 5.74) is 1.21. The maximum Gasteiger partial charge on any atom is 0.161 e. The molecule has 2 nitrogen and oxygen atoms in total. The standard InChI is InChI=1S/C14H12Cl2FIN2/c1-14(2,3)11-10(18)12(16)20-13(19-11)7-4-5-8(15)9(17)6-7/h4-6H,1-3H3. The summed E-state index contributed by atoms with van der Waals surface area (Å²) in [5, 5.41) is 0.442. The third-order valence-electron chi connectivity index (χ3n) is 2.70. The molecule has 0 radical (unpaired) electrons. The predicted octanol–water partition coefficient (Wildman–Crippen LogP) is 5.49. The molecule has 0 atom stereocenters. The van der Waals surface area contributed by atoms with E-state index in [0.29, 0.717) is 16.5 Å². The molecule has 2 rings (SSSR count). The number of hydrogen-bond donors (Lipinski definition) is 0. The highest BCUT2D eigenvalue weighted by atomic mass is 127. The lowest BCUT2D eigenvalue weighted by atomic mass is 9.92. The van der Waals surface area contributed by atoms with Gasteiger partial charge in [0.05, 0.1) is 14.3 Å². The minimum Gasteiger partial charge on any atom is -0.231 e. The molecule has 106 valence electrons. The predicted molar refractivity (Wildman–Crippen MR) is 88.9 cm³/mol. The van der Waals surface area contributed by atoms with Crippen molar-refractivity contribution >= 4 is 45.8 Å². The Balaban J connectivity index is 2.63. The van der Waals surface area contributed by atoms with Gasteiger partial charge in [0.15, 0.2) is 5.82 Å². The maximum absolute atomic E-state index is 13.6. The van der Waals surface area contributed by atoms with Crippen LogP contribution >= 0.6 is 45.8 Å². The average molecular weight is 425 g/mol. The number of hydrogen-bond acceptors (Lipinski definition) is 2. The van der Waals surface area contributed by atoms with E-state index in [-0.39, 0.29) is 10.4 Å². The minimum atomic E-state index is -0.500. The van der Waals surface area contributed by atoms with Crippen molar-refractivity contribution < 1.29 is 4.39 Å². The molecule has 1 heterocycles. The lowest BCUT2D eigenvalue weighted by molar-refractivity contribution is 0.563. The van der Waals surface area contributed by atoms with Gasteiger partial charge in [-0.2, -0.15) is 0 Å². The van der Waals surface area contributed by atoms with Crippen molar-refractivity contribution in [3.05, 3.63) is 43.5 Å². The van der Waals surface area contributed by atoms with Crippen LogP contribution in [0, 0.1) is 9.39 Å². The van der Waals surface area contributed by atoms with Gasteiger partial charge in [0.2, 0.25) is 0 Å². The van der Waals surface area contributed by atoms with Crippen LogP contribution in [0.5, 0.6) is 0 Å². The Bertz CT molecular complexity index is 669. The van der Waals surface area contributed by atoms with Crippen molar-refractivity contribution in [2.75, 3.05) is 0 Å². The summed E-state index contributed by atoms with van der Waals surface area (Å²) in [5.74, 6) is -0.101.